The highest BCUT2D eigenvalue weighted by atomic mass is 16.3. The van der Waals surface area contributed by atoms with E-state index in [1.165, 1.54) is 6.92 Å². The van der Waals surface area contributed by atoms with Gasteiger partial charge in [0.1, 0.15) is 12.3 Å². The maximum Gasteiger partial charge on any atom is 0.240 e. The fourth-order valence-electron chi connectivity index (χ4n) is 0.983. The predicted octanol–water partition coefficient (Wildman–Crippen LogP) is -0.822. The second kappa shape index (κ2) is 6.50. The van der Waals surface area contributed by atoms with Crippen LogP contribution >= 0.6 is 0 Å². The third kappa shape index (κ3) is 4.34. The van der Waals surface area contributed by atoms with Crippen LogP contribution in [0.25, 0.3) is 0 Å². The quantitative estimate of drug-likeness (QED) is 0.490. The number of hydrogen-bond acceptors (Lipinski definition) is 4. The molecule has 5 heteroatoms. The zero-order chi connectivity index (χ0) is 11.1. The highest BCUT2D eigenvalue weighted by Gasteiger charge is 2.20. The number of nitrogens with one attached hydrogen (secondary N) is 1. The van der Waals surface area contributed by atoms with Crippen LogP contribution in [-0.2, 0) is 9.59 Å². The molecule has 14 heavy (non-hydrogen) atoms. The van der Waals surface area contributed by atoms with Crippen LogP contribution in [0.3, 0.4) is 0 Å². The molecule has 3 atom stereocenters. The lowest BCUT2D eigenvalue weighted by atomic mass is 10.1. The van der Waals surface area contributed by atoms with E-state index in [-0.39, 0.29) is 0 Å². The number of rotatable bonds is 6. The first-order valence-corrected chi connectivity index (χ1v) is 4.72. The van der Waals surface area contributed by atoms with E-state index in [0.29, 0.717) is 12.7 Å². The Bertz CT molecular complexity index is 194. The van der Waals surface area contributed by atoms with Crippen molar-refractivity contribution in [2.45, 2.75) is 44.9 Å². The number of nitrogens with two attached hydrogens (primary N) is 1. The van der Waals surface area contributed by atoms with Gasteiger partial charge in [-0.2, -0.15) is 0 Å². The molecule has 1 amide bonds. The van der Waals surface area contributed by atoms with Crippen LogP contribution in [0.4, 0.5) is 0 Å². The highest BCUT2D eigenvalue weighted by molar-refractivity contribution is 5.84. The largest absolute Gasteiger partial charge is 0.391 e. The summed E-state index contributed by atoms with van der Waals surface area (Å²) in [6.45, 7) is 3.34. The molecule has 0 aliphatic heterocycles. The monoisotopic (exact) mass is 202 g/mol. The molecule has 4 N–H and O–H groups in total. The zero-order valence-corrected chi connectivity index (χ0v) is 8.56. The molecule has 0 spiro atoms. The van der Waals surface area contributed by atoms with Gasteiger partial charge in [-0.05, 0) is 13.3 Å². The van der Waals surface area contributed by atoms with Crippen LogP contribution in [0.5, 0.6) is 0 Å². The molecule has 0 aliphatic carbocycles. The van der Waals surface area contributed by atoms with Gasteiger partial charge in [0.25, 0.3) is 0 Å². The van der Waals surface area contributed by atoms with Crippen LogP contribution in [0.1, 0.15) is 26.7 Å². The van der Waals surface area contributed by atoms with Crippen molar-refractivity contribution in [3.63, 3.8) is 0 Å². The lowest BCUT2D eigenvalue weighted by Gasteiger charge is -2.17. The molecular formula is C9H18N2O3. The van der Waals surface area contributed by atoms with Gasteiger partial charge in [0, 0.05) is 0 Å². The number of aliphatic hydroxyl groups excluding tert-OH is 1. The molecule has 0 fully saturated rings. The second-order valence-corrected chi connectivity index (χ2v) is 3.31. The fourth-order valence-corrected chi connectivity index (χ4v) is 0.983. The van der Waals surface area contributed by atoms with Crippen molar-refractivity contribution in [1.82, 2.24) is 5.32 Å². The summed E-state index contributed by atoms with van der Waals surface area (Å²) in [6.07, 6.45) is 1.15. The molecule has 0 heterocycles. The molecule has 0 unspecified atom stereocenters. The zero-order valence-electron chi connectivity index (χ0n) is 8.56. The van der Waals surface area contributed by atoms with Crippen molar-refractivity contribution in [2.24, 2.45) is 5.73 Å². The summed E-state index contributed by atoms with van der Waals surface area (Å²) < 4.78 is 0. The lowest BCUT2D eigenvalue weighted by molar-refractivity contribution is -0.127. The molecule has 0 aromatic rings. The Labute approximate surface area is 83.7 Å². The average Bonchev–Trinajstić information content (AvgIpc) is 2.15. The Morgan fingerprint density at radius 1 is 1.64 bits per heavy atom. The fraction of sp³-hybridized carbons (Fsp3) is 0.778. The summed E-state index contributed by atoms with van der Waals surface area (Å²) in [5.74, 6) is -0.495. The van der Waals surface area contributed by atoms with E-state index in [0.717, 1.165) is 6.42 Å². The highest BCUT2D eigenvalue weighted by Crippen LogP contribution is 1.95. The van der Waals surface area contributed by atoms with Gasteiger partial charge in [-0.15, -0.1) is 0 Å². The van der Waals surface area contributed by atoms with Crippen molar-refractivity contribution < 1.29 is 14.7 Å². The van der Waals surface area contributed by atoms with Crippen molar-refractivity contribution >= 4 is 12.2 Å². The summed E-state index contributed by atoms with van der Waals surface area (Å²) in [5, 5.41) is 11.5. The minimum atomic E-state index is -0.977. The molecule has 0 aromatic carbocycles. The summed E-state index contributed by atoms with van der Waals surface area (Å²) in [6, 6.07) is -1.48. The molecule has 0 aromatic heterocycles. The summed E-state index contributed by atoms with van der Waals surface area (Å²) in [4.78, 5) is 21.8. The molecule has 0 aliphatic rings. The molecule has 0 bridgehead atoms. The average molecular weight is 202 g/mol. The molecule has 0 saturated heterocycles. The number of aldehydes is 1. The van der Waals surface area contributed by atoms with E-state index < -0.39 is 24.1 Å². The van der Waals surface area contributed by atoms with E-state index in [4.69, 9.17) is 10.8 Å². The first-order chi connectivity index (χ1) is 6.52. The lowest BCUT2D eigenvalue weighted by Crippen LogP contribution is -2.50. The summed E-state index contributed by atoms with van der Waals surface area (Å²) in [5.41, 5.74) is 5.38. The van der Waals surface area contributed by atoms with Crippen LogP contribution in [0.2, 0.25) is 0 Å². The Kier molecular flexibility index (Phi) is 6.07. The topological polar surface area (TPSA) is 92.4 Å². The van der Waals surface area contributed by atoms with E-state index in [9.17, 15) is 9.59 Å². The maximum absolute atomic E-state index is 11.3. The van der Waals surface area contributed by atoms with Gasteiger partial charge in [-0.25, -0.2) is 0 Å². The van der Waals surface area contributed by atoms with Gasteiger partial charge in [-0.3, -0.25) is 4.79 Å². The van der Waals surface area contributed by atoms with Gasteiger partial charge in [0.15, 0.2) is 0 Å². The number of aliphatic hydroxyl groups is 1. The maximum atomic E-state index is 11.3. The van der Waals surface area contributed by atoms with Crippen LogP contribution < -0.4 is 11.1 Å². The van der Waals surface area contributed by atoms with E-state index in [1.807, 2.05) is 6.92 Å². The minimum Gasteiger partial charge on any atom is -0.391 e. The normalized spacial score (nSPS) is 16.9. The van der Waals surface area contributed by atoms with Crippen LogP contribution in [-0.4, -0.2) is 35.5 Å². The number of amides is 1. The number of carbonyl (C=O) groups excluding carboxylic acids is 2. The summed E-state index contributed by atoms with van der Waals surface area (Å²) in [7, 11) is 0. The SMILES string of the molecule is CCC[C@@H](C=O)NC(=O)[C@@H](N)[C@@H](C)O. The van der Waals surface area contributed by atoms with Gasteiger partial charge in [0.2, 0.25) is 5.91 Å². The van der Waals surface area contributed by atoms with Crippen LogP contribution in [0, 0.1) is 0 Å². The van der Waals surface area contributed by atoms with Gasteiger partial charge < -0.3 is 21.0 Å². The van der Waals surface area contributed by atoms with E-state index in [2.05, 4.69) is 5.32 Å². The van der Waals surface area contributed by atoms with E-state index >= 15 is 0 Å². The molecule has 82 valence electrons. The van der Waals surface area contributed by atoms with E-state index in [1.54, 1.807) is 0 Å². The number of carbonyl (C=O) groups is 2. The third-order valence-corrected chi connectivity index (χ3v) is 1.91. The van der Waals surface area contributed by atoms with Crippen molar-refractivity contribution in [3.05, 3.63) is 0 Å². The van der Waals surface area contributed by atoms with Gasteiger partial charge in [-0.1, -0.05) is 13.3 Å². The Balaban J connectivity index is 4.08. The third-order valence-electron chi connectivity index (χ3n) is 1.91. The molecular weight excluding hydrogens is 184 g/mol. The smallest absolute Gasteiger partial charge is 0.240 e. The molecule has 0 saturated carbocycles. The Morgan fingerprint density at radius 2 is 2.21 bits per heavy atom. The molecule has 0 radical (unpaired) electrons. The number of hydrogen-bond donors (Lipinski definition) is 3. The Morgan fingerprint density at radius 3 is 2.57 bits per heavy atom. The van der Waals surface area contributed by atoms with Crippen molar-refractivity contribution in [1.29, 1.82) is 0 Å². The Hall–Kier alpha value is -0.940. The summed E-state index contributed by atoms with van der Waals surface area (Å²) >= 11 is 0. The second-order valence-electron chi connectivity index (χ2n) is 3.31. The van der Waals surface area contributed by atoms with Crippen molar-refractivity contribution in [2.75, 3.05) is 0 Å². The van der Waals surface area contributed by atoms with Crippen molar-refractivity contribution in [3.8, 4) is 0 Å². The van der Waals surface area contributed by atoms with Crippen LogP contribution in [0.15, 0.2) is 0 Å². The first-order valence-electron chi connectivity index (χ1n) is 4.72. The van der Waals surface area contributed by atoms with Gasteiger partial charge in [0.05, 0.1) is 12.1 Å². The molecule has 0 rings (SSSR count). The predicted molar refractivity (Wildman–Crippen MR) is 52.6 cm³/mol. The first kappa shape index (κ1) is 13.1. The standard InChI is InChI=1S/C9H18N2O3/c1-3-4-7(5-12)11-9(14)8(10)6(2)13/h5-8,13H,3-4,10H2,1-2H3,(H,11,14)/t6-,7+,8+/m1/s1. The van der Waals surface area contributed by atoms with Gasteiger partial charge >= 0.3 is 0 Å². The molecule has 5 nitrogen and oxygen atoms in total. The minimum absolute atomic E-state index is 0.495.